The van der Waals surface area contributed by atoms with E-state index in [0.717, 1.165) is 0 Å². The number of hydrogen-bond donors (Lipinski definition) is 1. The number of ether oxygens (including phenoxy) is 2. The van der Waals surface area contributed by atoms with Crippen LogP contribution < -0.4 is 0 Å². The minimum absolute atomic E-state index is 0.153. The Balaban J connectivity index is 4.99. The highest BCUT2D eigenvalue weighted by Crippen LogP contribution is 2.43. The fraction of sp³-hybridized carbons (Fsp3) is 0.875. The average molecular weight is 333 g/mol. The van der Waals surface area contributed by atoms with Crippen molar-refractivity contribution in [1.29, 1.82) is 0 Å². The van der Waals surface area contributed by atoms with Crippen molar-refractivity contribution in [1.82, 2.24) is 0 Å². The quantitative estimate of drug-likeness (QED) is 0.572. The number of methoxy groups -OCH3 is 1. The molecule has 0 spiro atoms. The third-order valence-corrected chi connectivity index (χ3v) is 7.53. The summed E-state index contributed by atoms with van der Waals surface area (Å²) in [6.45, 7) is 13.2. The van der Waals surface area contributed by atoms with Crippen LogP contribution in [0.1, 0.15) is 53.9 Å². The van der Waals surface area contributed by atoms with Gasteiger partial charge in [-0.25, -0.2) is 0 Å². The molecule has 0 fully saturated rings. The fourth-order valence-electron chi connectivity index (χ4n) is 2.13. The first-order valence-corrected chi connectivity index (χ1v) is 10.6. The Morgan fingerprint density at radius 1 is 1.05 bits per heavy atom. The summed E-state index contributed by atoms with van der Waals surface area (Å²) in [5, 5.41) is -0.312. The maximum Gasteiger partial charge on any atom is 0.306 e. The maximum absolute atomic E-state index is 12.0. The van der Waals surface area contributed by atoms with Gasteiger partial charge in [0.25, 0.3) is 0 Å². The van der Waals surface area contributed by atoms with E-state index in [1.54, 1.807) is 0 Å². The van der Waals surface area contributed by atoms with Gasteiger partial charge in [-0.2, -0.15) is 0 Å². The molecule has 0 saturated heterocycles. The summed E-state index contributed by atoms with van der Waals surface area (Å²) in [5.41, 5.74) is -0.548. The van der Waals surface area contributed by atoms with Crippen LogP contribution in [0.5, 0.6) is 0 Å². The molecule has 0 aromatic rings. The monoisotopic (exact) mass is 332 g/mol. The molecule has 0 aliphatic rings. The van der Waals surface area contributed by atoms with E-state index in [0.29, 0.717) is 6.42 Å². The van der Waals surface area contributed by atoms with Crippen LogP contribution in [0.15, 0.2) is 0 Å². The number of hydrogen-bond acceptors (Lipinski definition) is 5. The van der Waals surface area contributed by atoms with E-state index in [2.05, 4.69) is 0 Å². The zero-order valence-electron chi connectivity index (χ0n) is 15.3. The maximum atomic E-state index is 12.0. The molecule has 0 unspecified atom stereocenters. The zero-order valence-corrected chi connectivity index (χ0v) is 16.3. The van der Waals surface area contributed by atoms with Gasteiger partial charge < -0.3 is 14.3 Å². The minimum Gasteiger partial charge on any atom is -0.469 e. The van der Waals surface area contributed by atoms with Gasteiger partial charge in [0.2, 0.25) is 0 Å². The van der Waals surface area contributed by atoms with Gasteiger partial charge in [0.15, 0.2) is 8.32 Å². The van der Waals surface area contributed by atoms with E-state index in [-0.39, 0.29) is 35.7 Å². The van der Waals surface area contributed by atoms with Crippen molar-refractivity contribution < 1.29 is 23.9 Å². The van der Waals surface area contributed by atoms with E-state index in [9.17, 15) is 14.4 Å². The number of carbonyl (C=O) groups excluding carboxylic acids is 2. The third kappa shape index (κ3) is 7.94. The second kappa shape index (κ2) is 7.59. The SMILES string of the molecule is COC(=O)C[C@H](CC(=O)OC(C)(C)C)CC(C)(C)[Si](C)(C)O. The van der Waals surface area contributed by atoms with E-state index in [1.807, 2.05) is 47.7 Å². The molecule has 0 heterocycles. The van der Waals surface area contributed by atoms with Crippen LogP contribution in [0.25, 0.3) is 0 Å². The third-order valence-electron chi connectivity index (χ3n) is 4.01. The summed E-state index contributed by atoms with van der Waals surface area (Å²) >= 11 is 0. The molecule has 6 heteroatoms. The van der Waals surface area contributed by atoms with Gasteiger partial charge in [0.1, 0.15) is 5.60 Å². The first kappa shape index (κ1) is 21.1. The zero-order chi connectivity index (χ0) is 17.8. The molecule has 1 N–H and O–H groups in total. The number of rotatable bonds is 7. The molecular weight excluding hydrogens is 300 g/mol. The lowest BCUT2D eigenvalue weighted by Crippen LogP contribution is -2.40. The normalized spacial score (nSPS) is 14.4. The van der Waals surface area contributed by atoms with Gasteiger partial charge in [-0.3, -0.25) is 9.59 Å². The van der Waals surface area contributed by atoms with Crippen LogP contribution in [-0.4, -0.2) is 37.8 Å². The average Bonchev–Trinajstić information content (AvgIpc) is 2.23. The molecule has 0 aliphatic heterocycles. The van der Waals surface area contributed by atoms with Crippen molar-refractivity contribution in [3.8, 4) is 0 Å². The van der Waals surface area contributed by atoms with Gasteiger partial charge in [-0.1, -0.05) is 13.8 Å². The number of esters is 2. The van der Waals surface area contributed by atoms with Gasteiger partial charge in [-0.15, -0.1) is 0 Å². The van der Waals surface area contributed by atoms with Crippen LogP contribution in [0, 0.1) is 5.92 Å². The second-order valence-corrected chi connectivity index (χ2v) is 12.6. The second-order valence-electron chi connectivity index (χ2n) is 8.08. The van der Waals surface area contributed by atoms with E-state index in [1.165, 1.54) is 7.11 Å². The van der Waals surface area contributed by atoms with Crippen LogP contribution in [-0.2, 0) is 19.1 Å². The highest BCUT2D eigenvalue weighted by molar-refractivity contribution is 6.72. The molecule has 0 aromatic carbocycles. The molecule has 130 valence electrons. The summed E-state index contributed by atoms with van der Waals surface area (Å²) in [6.07, 6.45) is 0.890. The van der Waals surface area contributed by atoms with Gasteiger partial charge in [-0.05, 0) is 51.2 Å². The van der Waals surface area contributed by atoms with Crippen molar-refractivity contribution in [2.75, 3.05) is 7.11 Å². The molecular formula is C16H32O5Si. The topological polar surface area (TPSA) is 72.8 Å². The van der Waals surface area contributed by atoms with Crippen LogP contribution >= 0.6 is 0 Å². The Kier molecular flexibility index (Phi) is 7.29. The molecule has 0 radical (unpaired) electrons. The predicted molar refractivity (Wildman–Crippen MR) is 88.9 cm³/mol. The van der Waals surface area contributed by atoms with E-state index >= 15 is 0 Å². The smallest absolute Gasteiger partial charge is 0.306 e. The van der Waals surface area contributed by atoms with Gasteiger partial charge in [0, 0.05) is 12.8 Å². The number of carbonyl (C=O) groups is 2. The molecule has 0 bridgehead atoms. The van der Waals surface area contributed by atoms with E-state index in [4.69, 9.17) is 9.47 Å². The Bertz CT molecular complexity index is 390. The van der Waals surface area contributed by atoms with Crippen molar-refractivity contribution in [3.63, 3.8) is 0 Å². The van der Waals surface area contributed by atoms with Gasteiger partial charge >= 0.3 is 11.9 Å². The Morgan fingerprint density at radius 3 is 1.86 bits per heavy atom. The largest absolute Gasteiger partial charge is 0.469 e. The van der Waals surface area contributed by atoms with Crippen molar-refractivity contribution in [3.05, 3.63) is 0 Å². The minimum atomic E-state index is -2.41. The lowest BCUT2D eigenvalue weighted by atomic mass is 9.90. The summed E-state index contributed by atoms with van der Waals surface area (Å²) in [5.74, 6) is -0.868. The summed E-state index contributed by atoms with van der Waals surface area (Å²) < 4.78 is 10.1. The Labute approximate surface area is 135 Å². The summed E-state index contributed by atoms with van der Waals surface area (Å²) in [6, 6.07) is 0. The van der Waals surface area contributed by atoms with Crippen LogP contribution in [0.3, 0.4) is 0 Å². The lowest BCUT2D eigenvalue weighted by Gasteiger charge is -2.37. The first-order valence-electron chi connectivity index (χ1n) is 7.69. The molecule has 0 saturated carbocycles. The molecule has 5 nitrogen and oxygen atoms in total. The molecule has 0 amide bonds. The lowest BCUT2D eigenvalue weighted by molar-refractivity contribution is -0.156. The fourth-order valence-corrected chi connectivity index (χ4v) is 2.91. The highest BCUT2D eigenvalue weighted by atomic mass is 28.4. The molecule has 0 aliphatic carbocycles. The summed E-state index contributed by atoms with van der Waals surface area (Å²) in [7, 11) is -1.07. The molecule has 0 rings (SSSR count). The highest BCUT2D eigenvalue weighted by Gasteiger charge is 2.40. The Hall–Kier alpha value is -0.883. The van der Waals surface area contributed by atoms with Crippen molar-refractivity contribution >= 4 is 20.3 Å². The van der Waals surface area contributed by atoms with Crippen LogP contribution in [0.2, 0.25) is 18.1 Å². The Morgan fingerprint density at radius 2 is 1.50 bits per heavy atom. The summed E-state index contributed by atoms with van der Waals surface area (Å²) in [4.78, 5) is 34.1. The molecule has 22 heavy (non-hydrogen) atoms. The van der Waals surface area contributed by atoms with Crippen molar-refractivity contribution in [2.45, 2.75) is 77.6 Å². The van der Waals surface area contributed by atoms with Gasteiger partial charge in [0.05, 0.1) is 7.11 Å². The standard InChI is InChI=1S/C16H32O5Si/c1-15(2,3)21-14(18)10-12(9-13(17)20-6)11-16(4,5)22(7,8)19/h12,19H,9-11H2,1-8H3/t12-/m1/s1. The predicted octanol–water partition coefficient (Wildman–Crippen LogP) is 3.27. The first-order chi connectivity index (χ1) is 9.68. The molecule has 1 atom stereocenters. The van der Waals surface area contributed by atoms with Crippen LogP contribution in [0.4, 0.5) is 0 Å². The van der Waals surface area contributed by atoms with Crippen molar-refractivity contribution in [2.24, 2.45) is 5.92 Å². The molecule has 0 aromatic heterocycles. The van der Waals surface area contributed by atoms with E-state index < -0.39 is 13.9 Å².